The van der Waals surface area contributed by atoms with Crippen LogP contribution < -0.4 is 5.32 Å². The molecule has 0 aliphatic carbocycles. The summed E-state index contributed by atoms with van der Waals surface area (Å²) in [6.45, 7) is 1.72. The van der Waals surface area contributed by atoms with Gasteiger partial charge in [0.25, 0.3) is 5.91 Å². The third kappa shape index (κ3) is 1.60. The van der Waals surface area contributed by atoms with Crippen LogP contribution in [0.2, 0.25) is 0 Å². The Morgan fingerprint density at radius 1 is 1.50 bits per heavy atom. The van der Waals surface area contributed by atoms with E-state index in [1.165, 1.54) is 0 Å². The number of nitrogens with one attached hydrogen (secondary N) is 3. The Hall–Kier alpha value is -2.18. The monoisotopic (exact) mass is 192 g/mol. The number of aromatic amines is 2. The van der Waals surface area contributed by atoms with Crippen molar-refractivity contribution in [1.82, 2.24) is 25.4 Å². The molecular weight excluding hydrogens is 184 g/mol. The summed E-state index contributed by atoms with van der Waals surface area (Å²) in [5.74, 6) is 0.841. The number of aryl methyl sites for hydroxylation is 1. The van der Waals surface area contributed by atoms with Gasteiger partial charge in [-0.2, -0.15) is 5.10 Å². The number of anilines is 1. The third-order valence-corrected chi connectivity index (χ3v) is 1.55. The molecule has 3 N–H and O–H groups in total. The summed E-state index contributed by atoms with van der Waals surface area (Å²) in [6.07, 6.45) is 1.54. The van der Waals surface area contributed by atoms with Crippen molar-refractivity contribution in [3.8, 4) is 0 Å². The summed E-state index contributed by atoms with van der Waals surface area (Å²) in [4.78, 5) is 15.3. The highest BCUT2D eigenvalue weighted by Gasteiger charge is 2.11. The fourth-order valence-electron chi connectivity index (χ4n) is 0.948. The van der Waals surface area contributed by atoms with E-state index < -0.39 is 0 Å². The van der Waals surface area contributed by atoms with Gasteiger partial charge < -0.3 is 5.32 Å². The molecule has 0 atom stereocenters. The number of hydrogen-bond acceptors (Lipinski definition) is 4. The minimum absolute atomic E-state index is 0.108. The number of aromatic nitrogens is 5. The van der Waals surface area contributed by atoms with Gasteiger partial charge in [0.05, 0.1) is 6.20 Å². The number of hydrogen-bond donors (Lipinski definition) is 3. The second-order valence-electron chi connectivity index (χ2n) is 2.67. The molecule has 0 aliphatic heterocycles. The quantitative estimate of drug-likeness (QED) is 0.627. The van der Waals surface area contributed by atoms with Crippen molar-refractivity contribution in [3.63, 3.8) is 0 Å². The van der Waals surface area contributed by atoms with Gasteiger partial charge in [0.1, 0.15) is 11.6 Å². The lowest BCUT2D eigenvalue weighted by molar-refractivity contribution is 0.101. The van der Waals surface area contributed by atoms with Gasteiger partial charge in [-0.05, 0) is 6.92 Å². The van der Waals surface area contributed by atoms with E-state index in [-0.39, 0.29) is 11.7 Å². The fourth-order valence-corrected chi connectivity index (χ4v) is 0.948. The molecule has 0 saturated carbocycles. The van der Waals surface area contributed by atoms with Gasteiger partial charge in [0.15, 0.2) is 0 Å². The molecule has 2 aromatic rings. The second kappa shape index (κ2) is 3.29. The van der Waals surface area contributed by atoms with Gasteiger partial charge in [-0.25, -0.2) is 4.98 Å². The van der Waals surface area contributed by atoms with Crippen molar-refractivity contribution < 1.29 is 4.79 Å². The Morgan fingerprint density at radius 3 is 2.93 bits per heavy atom. The number of carbonyl (C=O) groups excluding carboxylic acids is 1. The van der Waals surface area contributed by atoms with Crippen molar-refractivity contribution in [2.24, 2.45) is 0 Å². The first-order valence-electron chi connectivity index (χ1n) is 3.95. The molecule has 0 bridgehead atoms. The molecule has 0 saturated heterocycles. The summed E-state index contributed by atoms with van der Waals surface area (Å²) in [5, 5.41) is 15.1. The van der Waals surface area contributed by atoms with Crippen LogP contribution in [0.25, 0.3) is 0 Å². The first-order valence-corrected chi connectivity index (χ1v) is 3.95. The van der Waals surface area contributed by atoms with Crippen LogP contribution in [-0.2, 0) is 0 Å². The van der Waals surface area contributed by atoms with E-state index in [1.807, 2.05) is 0 Å². The lowest BCUT2D eigenvalue weighted by Crippen LogP contribution is -2.14. The Morgan fingerprint density at radius 2 is 2.36 bits per heavy atom. The zero-order chi connectivity index (χ0) is 9.97. The molecule has 2 heterocycles. The maximum absolute atomic E-state index is 11.4. The van der Waals surface area contributed by atoms with Crippen molar-refractivity contribution in [2.45, 2.75) is 6.92 Å². The van der Waals surface area contributed by atoms with Crippen LogP contribution in [0.15, 0.2) is 12.3 Å². The minimum Gasteiger partial charge on any atom is -0.304 e. The smallest absolute Gasteiger partial charge is 0.296 e. The number of amides is 1. The van der Waals surface area contributed by atoms with E-state index in [4.69, 9.17) is 0 Å². The third-order valence-electron chi connectivity index (χ3n) is 1.55. The predicted molar refractivity (Wildman–Crippen MR) is 47.7 cm³/mol. The number of rotatable bonds is 2. The zero-order valence-corrected chi connectivity index (χ0v) is 7.40. The number of H-pyrrole nitrogens is 2. The molecule has 1 amide bonds. The average Bonchev–Trinajstić information content (AvgIpc) is 2.75. The SMILES string of the molecule is Cc1nc(C(=O)Nc2ccn[nH]2)n[nH]1. The summed E-state index contributed by atoms with van der Waals surface area (Å²) in [6, 6.07) is 1.64. The maximum Gasteiger partial charge on any atom is 0.296 e. The Balaban J connectivity index is 2.10. The molecule has 72 valence electrons. The number of carbonyl (C=O) groups is 1. The molecule has 7 nitrogen and oxygen atoms in total. The van der Waals surface area contributed by atoms with Gasteiger partial charge >= 0.3 is 0 Å². The average molecular weight is 192 g/mol. The molecule has 14 heavy (non-hydrogen) atoms. The Kier molecular flexibility index (Phi) is 1.98. The highest BCUT2D eigenvalue weighted by Crippen LogP contribution is 2.01. The van der Waals surface area contributed by atoms with Crippen LogP contribution in [0.5, 0.6) is 0 Å². The molecule has 0 aliphatic rings. The molecule has 2 aromatic heterocycles. The lowest BCUT2D eigenvalue weighted by atomic mass is 10.5. The van der Waals surface area contributed by atoms with Gasteiger partial charge in [-0.3, -0.25) is 15.0 Å². The van der Waals surface area contributed by atoms with Crippen LogP contribution in [-0.4, -0.2) is 31.3 Å². The highest BCUT2D eigenvalue weighted by molar-refractivity contribution is 6.00. The van der Waals surface area contributed by atoms with Crippen LogP contribution in [0.1, 0.15) is 16.4 Å². The summed E-state index contributed by atoms with van der Waals surface area (Å²) in [5.41, 5.74) is 0. The van der Waals surface area contributed by atoms with Crippen LogP contribution in [0, 0.1) is 6.92 Å². The van der Waals surface area contributed by atoms with Crippen molar-refractivity contribution in [1.29, 1.82) is 0 Å². The largest absolute Gasteiger partial charge is 0.304 e. The highest BCUT2D eigenvalue weighted by atomic mass is 16.2. The molecule has 2 rings (SSSR count). The molecule has 0 aromatic carbocycles. The second-order valence-corrected chi connectivity index (χ2v) is 2.67. The van der Waals surface area contributed by atoms with Crippen LogP contribution in [0.3, 0.4) is 0 Å². The van der Waals surface area contributed by atoms with Gasteiger partial charge in [-0.15, -0.1) is 5.10 Å². The summed E-state index contributed by atoms with van der Waals surface area (Å²) >= 11 is 0. The molecule has 0 radical (unpaired) electrons. The van der Waals surface area contributed by atoms with E-state index in [0.29, 0.717) is 11.6 Å². The molecular formula is C7H8N6O. The Bertz CT molecular complexity index is 431. The summed E-state index contributed by atoms with van der Waals surface area (Å²) in [7, 11) is 0. The fraction of sp³-hybridized carbons (Fsp3) is 0.143. The molecule has 0 unspecified atom stereocenters. The van der Waals surface area contributed by atoms with E-state index in [2.05, 4.69) is 30.7 Å². The van der Waals surface area contributed by atoms with Gasteiger partial charge in [0.2, 0.25) is 5.82 Å². The Labute approximate surface area is 78.9 Å². The van der Waals surface area contributed by atoms with E-state index in [1.54, 1.807) is 19.2 Å². The van der Waals surface area contributed by atoms with Crippen molar-refractivity contribution in [3.05, 3.63) is 23.9 Å². The maximum atomic E-state index is 11.4. The van der Waals surface area contributed by atoms with Crippen LogP contribution in [0.4, 0.5) is 5.82 Å². The standard InChI is InChI=1S/C7H8N6O/c1-4-9-6(13-11-4)7(14)10-5-2-3-8-12-5/h2-3H,1H3,(H,9,11,13)(H2,8,10,12,14). The van der Waals surface area contributed by atoms with E-state index in [0.717, 1.165) is 0 Å². The molecule has 0 fully saturated rings. The summed E-state index contributed by atoms with van der Waals surface area (Å²) < 4.78 is 0. The van der Waals surface area contributed by atoms with E-state index >= 15 is 0 Å². The number of nitrogens with zero attached hydrogens (tertiary/aromatic N) is 3. The predicted octanol–water partition coefficient (Wildman–Crippen LogP) is 0.0885. The zero-order valence-electron chi connectivity index (χ0n) is 7.40. The van der Waals surface area contributed by atoms with Crippen LogP contribution >= 0.6 is 0 Å². The van der Waals surface area contributed by atoms with Crippen molar-refractivity contribution >= 4 is 11.7 Å². The van der Waals surface area contributed by atoms with E-state index in [9.17, 15) is 4.79 Å². The topological polar surface area (TPSA) is 99.3 Å². The minimum atomic E-state index is -0.376. The van der Waals surface area contributed by atoms with Gasteiger partial charge in [0, 0.05) is 6.07 Å². The first-order chi connectivity index (χ1) is 6.75. The van der Waals surface area contributed by atoms with Crippen molar-refractivity contribution in [2.75, 3.05) is 5.32 Å². The molecule has 7 heteroatoms. The first kappa shape index (κ1) is 8.42. The molecule has 0 spiro atoms. The normalized spacial score (nSPS) is 10.1. The van der Waals surface area contributed by atoms with Gasteiger partial charge in [-0.1, -0.05) is 0 Å². The lowest BCUT2D eigenvalue weighted by Gasteiger charge is -1.96.